The highest BCUT2D eigenvalue weighted by molar-refractivity contribution is 5.90. The monoisotopic (exact) mass is 392 g/mol. The Bertz CT molecular complexity index is 710. The van der Waals surface area contributed by atoms with Gasteiger partial charge in [0.05, 0.1) is 7.11 Å². The Hall–Kier alpha value is -2.77. The summed E-state index contributed by atoms with van der Waals surface area (Å²) < 4.78 is 10.2. The molecule has 1 saturated heterocycles. The Morgan fingerprint density at radius 2 is 1.89 bits per heavy atom. The first kappa shape index (κ1) is 21.5. The van der Waals surface area contributed by atoms with Crippen LogP contribution in [0, 0.1) is 0 Å². The zero-order valence-electron chi connectivity index (χ0n) is 16.7. The largest absolute Gasteiger partial charge is 0.508 e. The lowest BCUT2D eigenvalue weighted by Gasteiger charge is -2.28. The molecule has 0 unspecified atom stereocenters. The van der Waals surface area contributed by atoms with E-state index in [-0.39, 0.29) is 12.2 Å². The maximum absolute atomic E-state index is 12.8. The van der Waals surface area contributed by atoms with E-state index in [1.165, 1.54) is 24.1 Å². The lowest BCUT2D eigenvalue weighted by Crippen LogP contribution is -2.52. The fourth-order valence-corrected chi connectivity index (χ4v) is 3.05. The van der Waals surface area contributed by atoms with Crippen LogP contribution in [0.3, 0.4) is 0 Å². The Labute approximate surface area is 164 Å². The number of nitrogens with zero attached hydrogens (tertiary/aromatic N) is 1. The van der Waals surface area contributed by atoms with E-state index < -0.39 is 35.7 Å². The Morgan fingerprint density at radius 3 is 2.46 bits per heavy atom. The van der Waals surface area contributed by atoms with Crippen LogP contribution in [0.15, 0.2) is 24.3 Å². The van der Waals surface area contributed by atoms with Crippen molar-refractivity contribution in [1.82, 2.24) is 10.2 Å². The molecule has 1 aromatic rings. The molecule has 0 aliphatic carbocycles. The first-order valence-electron chi connectivity index (χ1n) is 9.26. The predicted octanol–water partition coefficient (Wildman–Crippen LogP) is 1.99. The van der Waals surface area contributed by atoms with Gasteiger partial charge >= 0.3 is 12.1 Å². The summed E-state index contributed by atoms with van der Waals surface area (Å²) in [6.07, 6.45) is 0.840. The summed E-state index contributed by atoms with van der Waals surface area (Å²) in [6.45, 7) is 5.72. The lowest BCUT2D eigenvalue weighted by atomic mass is 10.0. The fourth-order valence-electron chi connectivity index (χ4n) is 3.05. The number of carbonyl (C=O) groups is 3. The van der Waals surface area contributed by atoms with Crippen molar-refractivity contribution in [2.75, 3.05) is 13.7 Å². The van der Waals surface area contributed by atoms with Crippen molar-refractivity contribution in [3.05, 3.63) is 29.8 Å². The molecule has 28 heavy (non-hydrogen) atoms. The van der Waals surface area contributed by atoms with Crippen LogP contribution in [0.2, 0.25) is 0 Å². The van der Waals surface area contributed by atoms with Gasteiger partial charge in [0.2, 0.25) is 5.91 Å². The number of amides is 2. The van der Waals surface area contributed by atoms with Gasteiger partial charge in [-0.3, -0.25) is 9.69 Å². The third-order valence-corrected chi connectivity index (χ3v) is 4.36. The summed E-state index contributed by atoms with van der Waals surface area (Å²) in [5.41, 5.74) is 0.0950. The van der Waals surface area contributed by atoms with Crippen molar-refractivity contribution < 1.29 is 29.0 Å². The van der Waals surface area contributed by atoms with Crippen LogP contribution in [-0.4, -0.2) is 59.3 Å². The molecule has 0 radical (unpaired) electrons. The molecule has 8 nitrogen and oxygen atoms in total. The zero-order chi connectivity index (χ0) is 20.9. The normalized spacial score (nSPS) is 17.7. The van der Waals surface area contributed by atoms with Crippen LogP contribution < -0.4 is 5.32 Å². The molecular weight excluding hydrogens is 364 g/mol. The maximum Gasteiger partial charge on any atom is 0.410 e. The molecular formula is C20H28N2O6. The molecule has 1 fully saturated rings. The molecule has 2 rings (SSSR count). The lowest BCUT2D eigenvalue weighted by molar-refractivity contribution is -0.145. The van der Waals surface area contributed by atoms with Crippen molar-refractivity contribution in [2.24, 2.45) is 0 Å². The van der Waals surface area contributed by atoms with Gasteiger partial charge in [-0.1, -0.05) is 12.1 Å². The molecule has 1 aliphatic heterocycles. The van der Waals surface area contributed by atoms with Crippen LogP contribution in [0.5, 0.6) is 5.75 Å². The standard InChI is InChI=1S/C20H28N2O6/c1-20(2,3)28-19(26)22-11-5-6-16(22)17(24)21-15(18(25)27-4)12-13-7-9-14(23)10-8-13/h7-10,15-16,23H,5-6,11-12H2,1-4H3,(H,21,24)/t15-,16+/m0/s1. The van der Waals surface area contributed by atoms with Gasteiger partial charge in [-0.05, 0) is 51.3 Å². The minimum absolute atomic E-state index is 0.112. The summed E-state index contributed by atoms with van der Waals surface area (Å²) >= 11 is 0. The van der Waals surface area contributed by atoms with Crippen LogP contribution in [0.25, 0.3) is 0 Å². The van der Waals surface area contributed by atoms with Gasteiger partial charge in [0.15, 0.2) is 0 Å². The van der Waals surface area contributed by atoms with Gasteiger partial charge in [0, 0.05) is 13.0 Å². The first-order valence-corrected chi connectivity index (χ1v) is 9.26. The van der Waals surface area contributed by atoms with Gasteiger partial charge < -0.3 is 19.9 Å². The zero-order valence-corrected chi connectivity index (χ0v) is 16.7. The number of phenolic OH excluding ortho intramolecular Hbond substituents is 1. The molecule has 8 heteroatoms. The predicted molar refractivity (Wildman–Crippen MR) is 102 cm³/mol. The second-order valence-electron chi connectivity index (χ2n) is 7.79. The van der Waals surface area contributed by atoms with Gasteiger partial charge in [-0.25, -0.2) is 9.59 Å². The number of carbonyl (C=O) groups excluding carboxylic acids is 3. The number of nitrogens with one attached hydrogen (secondary N) is 1. The van der Waals surface area contributed by atoms with Gasteiger partial charge in [-0.15, -0.1) is 0 Å². The summed E-state index contributed by atoms with van der Waals surface area (Å²) in [7, 11) is 1.25. The molecule has 1 aromatic carbocycles. The number of aromatic hydroxyl groups is 1. The second-order valence-corrected chi connectivity index (χ2v) is 7.79. The van der Waals surface area contributed by atoms with E-state index in [4.69, 9.17) is 9.47 Å². The van der Waals surface area contributed by atoms with Gasteiger partial charge in [0.1, 0.15) is 23.4 Å². The number of hydrogen-bond donors (Lipinski definition) is 2. The highest BCUT2D eigenvalue weighted by atomic mass is 16.6. The highest BCUT2D eigenvalue weighted by Crippen LogP contribution is 2.21. The van der Waals surface area contributed by atoms with E-state index >= 15 is 0 Å². The van der Waals surface area contributed by atoms with E-state index in [2.05, 4.69) is 5.32 Å². The molecule has 2 atom stereocenters. The number of phenols is 1. The van der Waals surface area contributed by atoms with E-state index in [1.54, 1.807) is 32.9 Å². The topological polar surface area (TPSA) is 105 Å². The van der Waals surface area contributed by atoms with E-state index in [1.807, 2.05) is 0 Å². The summed E-state index contributed by atoms with van der Waals surface area (Å²) in [5.74, 6) is -0.887. The molecule has 0 saturated carbocycles. The number of benzene rings is 1. The number of esters is 1. The Morgan fingerprint density at radius 1 is 1.25 bits per heavy atom. The smallest absolute Gasteiger partial charge is 0.410 e. The van der Waals surface area contributed by atoms with Crippen LogP contribution in [0.4, 0.5) is 4.79 Å². The van der Waals surface area contributed by atoms with Crippen molar-refractivity contribution in [2.45, 2.75) is 57.7 Å². The Balaban J connectivity index is 2.08. The number of hydrogen-bond acceptors (Lipinski definition) is 6. The second kappa shape index (κ2) is 8.95. The van der Waals surface area contributed by atoms with Crippen molar-refractivity contribution in [1.29, 1.82) is 0 Å². The average Bonchev–Trinajstić information content (AvgIpc) is 3.11. The minimum Gasteiger partial charge on any atom is -0.508 e. The van der Waals surface area contributed by atoms with E-state index in [0.717, 1.165) is 5.56 Å². The molecule has 0 aromatic heterocycles. The number of likely N-dealkylation sites (tertiary alicyclic amines) is 1. The average molecular weight is 392 g/mol. The summed E-state index contributed by atoms with van der Waals surface area (Å²) in [4.78, 5) is 38.7. The van der Waals surface area contributed by atoms with Gasteiger partial charge in [-0.2, -0.15) is 0 Å². The van der Waals surface area contributed by atoms with Crippen molar-refractivity contribution >= 4 is 18.0 Å². The first-order chi connectivity index (χ1) is 13.1. The third-order valence-electron chi connectivity index (χ3n) is 4.36. The van der Waals surface area contributed by atoms with E-state index in [0.29, 0.717) is 19.4 Å². The van der Waals surface area contributed by atoms with E-state index in [9.17, 15) is 19.5 Å². The van der Waals surface area contributed by atoms with Gasteiger partial charge in [0.25, 0.3) is 0 Å². The number of ether oxygens (including phenoxy) is 2. The fraction of sp³-hybridized carbons (Fsp3) is 0.550. The summed E-state index contributed by atoms with van der Waals surface area (Å²) in [5, 5.41) is 12.1. The SMILES string of the molecule is COC(=O)[C@H](Cc1ccc(O)cc1)NC(=O)[C@H]1CCCN1C(=O)OC(C)(C)C. The molecule has 154 valence electrons. The maximum atomic E-state index is 12.8. The summed E-state index contributed by atoms with van der Waals surface area (Å²) in [6, 6.07) is 4.75. The number of rotatable bonds is 5. The molecule has 2 N–H and O–H groups in total. The molecule has 1 heterocycles. The molecule has 0 bridgehead atoms. The van der Waals surface area contributed by atoms with Crippen molar-refractivity contribution in [3.8, 4) is 5.75 Å². The molecule has 1 aliphatic rings. The van der Waals surface area contributed by atoms with Crippen molar-refractivity contribution in [3.63, 3.8) is 0 Å². The quantitative estimate of drug-likeness (QED) is 0.743. The Kier molecular flexibility index (Phi) is 6.88. The molecule has 2 amide bonds. The highest BCUT2D eigenvalue weighted by Gasteiger charge is 2.38. The minimum atomic E-state index is -0.900. The third kappa shape index (κ3) is 5.87. The van der Waals surface area contributed by atoms with Crippen LogP contribution in [0.1, 0.15) is 39.2 Å². The van der Waals surface area contributed by atoms with Crippen LogP contribution >= 0.6 is 0 Å². The van der Waals surface area contributed by atoms with Crippen LogP contribution in [-0.2, 0) is 25.5 Å². The molecule has 0 spiro atoms. The number of methoxy groups -OCH3 is 1.